The van der Waals surface area contributed by atoms with Crippen LogP contribution in [-0.4, -0.2) is 33.5 Å². The maximum absolute atomic E-state index is 11.9. The van der Waals surface area contributed by atoms with E-state index in [1.165, 1.54) is 0 Å². The first kappa shape index (κ1) is 15.9. The molecule has 0 radical (unpaired) electrons. The molecule has 24 heavy (non-hydrogen) atoms. The van der Waals surface area contributed by atoms with Crippen molar-refractivity contribution >= 4 is 29.1 Å². The van der Waals surface area contributed by atoms with Crippen molar-refractivity contribution in [1.29, 1.82) is 0 Å². The van der Waals surface area contributed by atoms with Gasteiger partial charge in [-0.15, -0.1) is 16.4 Å². The molecule has 0 fully saturated rings. The minimum atomic E-state index is -0.396. The number of aryl methyl sites for hydroxylation is 1. The van der Waals surface area contributed by atoms with Crippen LogP contribution < -0.4 is 10.6 Å². The van der Waals surface area contributed by atoms with Gasteiger partial charge in [0.15, 0.2) is 5.82 Å². The number of nitrogens with one attached hydrogen (secondary N) is 3. The summed E-state index contributed by atoms with van der Waals surface area (Å²) in [5.74, 6) is 0.0752. The summed E-state index contributed by atoms with van der Waals surface area (Å²) in [7, 11) is 0. The summed E-state index contributed by atoms with van der Waals surface area (Å²) in [6.07, 6.45) is 0. The molecule has 8 heteroatoms. The molecule has 3 rings (SSSR count). The molecule has 2 aromatic heterocycles. The SMILES string of the molecule is Cc1ccsc1-c1nc(NC(=O)CNC(=O)c2ccccc2)n[nH]1. The lowest BCUT2D eigenvalue weighted by Crippen LogP contribution is -2.33. The zero-order valence-electron chi connectivity index (χ0n) is 12.9. The Morgan fingerprint density at radius 2 is 2.00 bits per heavy atom. The molecule has 0 aliphatic rings. The predicted molar refractivity (Wildman–Crippen MR) is 91.8 cm³/mol. The van der Waals surface area contributed by atoms with Gasteiger partial charge in [-0.25, -0.2) is 0 Å². The van der Waals surface area contributed by atoms with Crippen molar-refractivity contribution in [2.24, 2.45) is 0 Å². The Bertz CT molecular complexity index is 856. The molecule has 0 aliphatic heterocycles. The Balaban J connectivity index is 1.55. The monoisotopic (exact) mass is 341 g/mol. The van der Waals surface area contributed by atoms with Gasteiger partial charge in [0, 0.05) is 5.56 Å². The number of thiophene rings is 1. The van der Waals surface area contributed by atoms with Gasteiger partial charge in [-0.3, -0.25) is 20.0 Å². The van der Waals surface area contributed by atoms with Crippen LogP contribution >= 0.6 is 11.3 Å². The van der Waals surface area contributed by atoms with E-state index in [2.05, 4.69) is 25.8 Å². The van der Waals surface area contributed by atoms with Gasteiger partial charge in [-0.2, -0.15) is 4.98 Å². The van der Waals surface area contributed by atoms with Crippen molar-refractivity contribution in [2.45, 2.75) is 6.92 Å². The van der Waals surface area contributed by atoms with Crippen molar-refractivity contribution in [3.05, 3.63) is 52.9 Å². The van der Waals surface area contributed by atoms with Crippen LogP contribution in [0.15, 0.2) is 41.8 Å². The van der Waals surface area contributed by atoms with Gasteiger partial charge in [0.05, 0.1) is 11.4 Å². The lowest BCUT2D eigenvalue weighted by atomic mass is 10.2. The van der Waals surface area contributed by atoms with E-state index in [0.29, 0.717) is 11.4 Å². The smallest absolute Gasteiger partial charge is 0.251 e. The third kappa shape index (κ3) is 3.66. The number of anilines is 1. The number of amides is 2. The Kier molecular flexibility index (Phi) is 4.66. The van der Waals surface area contributed by atoms with E-state index in [1.807, 2.05) is 24.4 Å². The van der Waals surface area contributed by atoms with E-state index < -0.39 is 5.91 Å². The number of aromatic amines is 1. The number of aromatic nitrogens is 3. The number of carbonyl (C=O) groups is 2. The number of rotatable bonds is 5. The van der Waals surface area contributed by atoms with Crippen LogP contribution in [0.25, 0.3) is 10.7 Å². The van der Waals surface area contributed by atoms with Crippen LogP contribution in [0.5, 0.6) is 0 Å². The molecule has 0 bridgehead atoms. The van der Waals surface area contributed by atoms with E-state index >= 15 is 0 Å². The minimum absolute atomic E-state index is 0.157. The Hall–Kier alpha value is -3.00. The summed E-state index contributed by atoms with van der Waals surface area (Å²) in [5, 5.41) is 13.8. The second kappa shape index (κ2) is 7.05. The summed E-state index contributed by atoms with van der Waals surface area (Å²) >= 11 is 1.54. The van der Waals surface area contributed by atoms with Gasteiger partial charge < -0.3 is 5.32 Å². The highest BCUT2D eigenvalue weighted by atomic mass is 32.1. The van der Waals surface area contributed by atoms with E-state index in [1.54, 1.807) is 35.6 Å². The third-order valence-electron chi connectivity index (χ3n) is 3.26. The van der Waals surface area contributed by atoms with Gasteiger partial charge in [-0.05, 0) is 36.1 Å². The Labute approximate surface area is 142 Å². The largest absolute Gasteiger partial charge is 0.343 e. The van der Waals surface area contributed by atoms with Crippen LogP contribution in [-0.2, 0) is 4.79 Å². The number of H-pyrrole nitrogens is 1. The fourth-order valence-electron chi connectivity index (χ4n) is 2.06. The number of nitrogens with zero attached hydrogens (tertiary/aromatic N) is 2. The first-order valence-electron chi connectivity index (χ1n) is 7.23. The summed E-state index contributed by atoms with van der Waals surface area (Å²) < 4.78 is 0. The summed E-state index contributed by atoms with van der Waals surface area (Å²) in [4.78, 5) is 29.0. The van der Waals surface area contributed by atoms with Crippen LogP contribution in [0.2, 0.25) is 0 Å². The maximum atomic E-state index is 11.9. The molecule has 0 saturated heterocycles. The highest BCUT2D eigenvalue weighted by molar-refractivity contribution is 7.13. The van der Waals surface area contributed by atoms with Crippen molar-refractivity contribution < 1.29 is 9.59 Å². The molecule has 122 valence electrons. The van der Waals surface area contributed by atoms with E-state index in [4.69, 9.17) is 0 Å². The summed E-state index contributed by atoms with van der Waals surface area (Å²) in [6.45, 7) is 1.82. The second-order valence-electron chi connectivity index (χ2n) is 5.04. The summed E-state index contributed by atoms with van der Waals surface area (Å²) in [6, 6.07) is 10.7. The lowest BCUT2D eigenvalue weighted by Gasteiger charge is -2.04. The standard InChI is InChI=1S/C16H15N5O2S/c1-10-7-8-24-13(10)14-19-16(21-20-14)18-12(22)9-17-15(23)11-5-3-2-4-6-11/h2-8H,9H2,1H3,(H,17,23)(H2,18,19,20,21,22). The number of benzene rings is 1. The Morgan fingerprint density at radius 3 is 2.71 bits per heavy atom. The quantitative estimate of drug-likeness (QED) is 0.662. The average molecular weight is 341 g/mol. The molecule has 0 atom stereocenters. The summed E-state index contributed by atoms with van der Waals surface area (Å²) in [5.41, 5.74) is 1.59. The normalized spacial score (nSPS) is 10.4. The topological polar surface area (TPSA) is 99.8 Å². The van der Waals surface area contributed by atoms with Crippen molar-refractivity contribution in [3.63, 3.8) is 0 Å². The Morgan fingerprint density at radius 1 is 1.21 bits per heavy atom. The van der Waals surface area contributed by atoms with Gasteiger partial charge in [0.2, 0.25) is 11.9 Å². The van der Waals surface area contributed by atoms with Crippen molar-refractivity contribution in [3.8, 4) is 10.7 Å². The van der Waals surface area contributed by atoms with Crippen molar-refractivity contribution in [1.82, 2.24) is 20.5 Å². The molecular formula is C16H15N5O2S. The zero-order chi connectivity index (χ0) is 16.9. The van der Waals surface area contributed by atoms with Gasteiger partial charge in [-0.1, -0.05) is 18.2 Å². The number of hydrogen-bond donors (Lipinski definition) is 3. The van der Waals surface area contributed by atoms with E-state index in [0.717, 1.165) is 10.4 Å². The first-order valence-corrected chi connectivity index (χ1v) is 8.11. The molecule has 2 heterocycles. The molecule has 0 aliphatic carbocycles. The predicted octanol–water partition coefficient (Wildman–Crippen LogP) is 2.21. The van der Waals surface area contributed by atoms with Gasteiger partial charge >= 0.3 is 0 Å². The highest BCUT2D eigenvalue weighted by Gasteiger charge is 2.12. The van der Waals surface area contributed by atoms with E-state index in [-0.39, 0.29) is 18.4 Å². The highest BCUT2D eigenvalue weighted by Crippen LogP contribution is 2.26. The third-order valence-corrected chi connectivity index (χ3v) is 4.28. The second-order valence-corrected chi connectivity index (χ2v) is 5.95. The fraction of sp³-hybridized carbons (Fsp3) is 0.125. The van der Waals surface area contributed by atoms with E-state index in [9.17, 15) is 9.59 Å². The fourth-order valence-corrected chi connectivity index (χ4v) is 2.92. The lowest BCUT2D eigenvalue weighted by molar-refractivity contribution is -0.115. The van der Waals surface area contributed by atoms with Crippen LogP contribution in [0.3, 0.4) is 0 Å². The van der Waals surface area contributed by atoms with Crippen LogP contribution in [0.4, 0.5) is 5.95 Å². The maximum Gasteiger partial charge on any atom is 0.251 e. The first-order chi connectivity index (χ1) is 11.6. The number of carbonyl (C=O) groups excluding carboxylic acids is 2. The molecule has 0 unspecified atom stereocenters. The molecule has 1 aromatic carbocycles. The average Bonchev–Trinajstić information content (AvgIpc) is 3.22. The van der Waals surface area contributed by atoms with Gasteiger partial charge in [0.25, 0.3) is 5.91 Å². The molecule has 0 saturated carbocycles. The molecule has 3 aromatic rings. The molecule has 3 N–H and O–H groups in total. The van der Waals surface area contributed by atoms with Crippen LogP contribution in [0.1, 0.15) is 15.9 Å². The van der Waals surface area contributed by atoms with Crippen LogP contribution in [0, 0.1) is 6.92 Å². The molecular weight excluding hydrogens is 326 g/mol. The molecule has 0 spiro atoms. The molecule has 7 nitrogen and oxygen atoms in total. The van der Waals surface area contributed by atoms with Gasteiger partial charge in [0.1, 0.15) is 0 Å². The molecule has 2 amide bonds. The van der Waals surface area contributed by atoms with Crippen molar-refractivity contribution in [2.75, 3.05) is 11.9 Å². The number of hydrogen-bond acceptors (Lipinski definition) is 5. The minimum Gasteiger partial charge on any atom is -0.343 e. The zero-order valence-corrected chi connectivity index (χ0v) is 13.7.